The van der Waals surface area contributed by atoms with E-state index < -0.39 is 0 Å². The minimum atomic E-state index is 0.695. The molecule has 5 aromatic heterocycles. The van der Waals surface area contributed by atoms with Gasteiger partial charge in [-0.1, -0.05) is 66.7 Å². The Labute approximate surface area is 217 Å². The summed E-state index contributed by atoms with van der Waals surface area (Å²) in [6.45, 7) is 0. The number of para-hydroxylation sites is 2. The Morgan fingerprint density at radius 1 is 0.447 bits per heavy atom. The van der Waals surface area contributed by atoms with Crippen LogP contribution in [0.4, 0.5) is 0 Å². The molecule has 8 aromatic rings. The van der Waals surface area contributed by atoms with Crippen molar-refractivity contribution in [1.82, 2.24) is 29.1 Å². The van der Waals surface area contributed by atoms with Crippen molar-refractivity contribution >= 4 is 43.9 Å². The molecule has 0 spiro atoms. The summed E-state index contributed by atoms with van der Waals surface area (Å²) in [4.78, 5) is 19.3. The molecule has 0 saturated carbocycles. The van der Waals surface area contributed by atoms with Crippen LogP contribution in [0.3, 0.4) is 0 Å². The van der Waals surface area contributed by atoms with Gasteiger partial charge in [0.2, 0.25) is 0 Å². The van der Waals surface area contributed by atoms with Gasteiger partial charge in [0, 0.05) is 34.4 Å². The van der Waals surface area contributed by atoms with Gasteiger partial charge in [-0.25, -0.2) is 9.97 Å². The summed E-state index contributed by atoms with van der Waals surface area (Å²) in [5, 5.41) is 2.08. The number of pyridine rings is 2. The lowest BCUT2D eigenvalue weighted by Gasteiger charge is -2.12. The quantitative estimate of drug-likeness (QED) is 0.265. The van der Waals surface area contributed by atoms with Crippen LogP contribution in [-0.4, -0.2) is 29.1 Å². The topological polar surface area (TPSA) is 61.4 Å². The van der Waals surface area contributed by atoms with E-state index in [1.807, 2.05) is 67.3 Å². The molecule has 0 N–H and O–H groups in total. The summed E-state index contributed by atoms with van der Waals surface area (Å²) in [6, 6.07) is 32.9. The molecule has 0 aliphatic carbocycles. The van der Waals surface area contributed by atoms with Crippen molar-refractivity contribution < 1.29 is 0 Å². The van der Waals surface area contributed by atoms with Gasteiger partial charge in [-0.05, 0) is 30.3 Å². The summed E-state index contributed by atoms with van der Waals surface area (Å²) in [6.07, 6.45) is 7.59. The molecule has 0 atom stereocenters. The third-order valence-corrected chi connectivity index (χ3v) is 7.10. The predicted octanol–water partition coefficient (Wildman–Crippen LogP) is 7.13. The molecule has 0 radical (unpaired) electrons. The molecule has 178 valence electrons. The van der Waals surface area contributed by atoms with Crippen LogP contribution in [0.15, 0.2) is 122 Å². The first-order valence-electron chi connectivity index (χ1n) is 12.5. The zero-order chi connectivity index (χ0) is 25.1. The fourth-order valence-electron chi connectivity index (χ4n) is 5.48. The highest BCUT2D eigenvalue weighted by atomic mass is 15.1. The highest BCUT2D eigenvalue weighted by Crippen LogP contribution is 2.39. The van der Waals surface area contributed by atoms with Gasteiger partial charge in [0.05, 0.1) is 51.2 Å². The molecule has 3 aromatic carbocycles. The van der Waals surface area contributed by atoms with Crippen molar-refractivity contribution in [3.63, 3.8) is 0 Å². The third-order valence-electron chi connectivity index (χ3n) is 7.10. The van der Waals surface area contributed by atoms with E-state index in [0.29, 0.717) is 5.82 Å². The zero-order valence-electron chi connectivity index (χ0n) is 20.2. The monoisotopic (exact) mass is 488 g/mol. The number of rotatable bonds is 3. The lowest BCUT2D eigenvalue weighted by Crippen LogP contribution is -2.00. The molecular formula is C32H20N6. The van der Waals surface area contributed by atoms with Crippen molar-refractivity contribution in [2.45, 2.75) is 0 Å². The van der Waals surface area contributed by atoms with Crippen LogP contribution in [0, 0.1) is 0 Å². The maximum Gasteiger partial charge on any atom is 0.159 e. The van der Waals surface area contributed by atoms with Crippen molar-refractivity contribution in [2.24, 2.45) is 0 Å². The minimum absolute atomic E-state index is 0.695. The number of benzene rings is 3. The summed E-state index contributed by atoms with van der Waals surface area (Å²) in [5.41, 5.74) is 8.93. The first-order chi connectivity index (χ1) is 18.9. The van der Waals surface area contributed by atoms with Crippen LogP contribution in [0.25, 0.3) is 66.6 Å². The van der Waals surface area contributed by atoms with Gasteiger partial charge in [0.15, 0.2) is 5.82 Å². The largest absolute Gasteiger partial charge is 0.305 e. The second-order valence-corrected chi connectivity index (χ2v) is 9.24. The Morgan fingerprint density at radius 2 is 1.13 bits per heavy atom. The number of hydrogen-bond acceptors (Lipinski definition) is 4. The molecule has 0 bridgehead atoms. The third kappa shape index (κ3) is 2.94. The second-order valence-electron chi connectivity index (χ2n) is 9.24. The first-order valence-corrected chi connectivity index (χ1v) is 12.5. The summed E-state index contributed by atoms with van der Waals surface area (Å²) < 4.78 is 4.52. The number of hydrogen-bond donors (Lipinski definition) is 0. The van der Waals surface area contributed by atoms with Crippen LogP contribution < -0.4 is 0 Å². The molecule has 6 heteroatoms. The lowest BCUT2D eigenvalue weighted by molar-refractivity contribution is 1.08. The van der Waals surface area contributed by atoms with Crippen LogP contribution in [0.2, 0.25) is 0 Å². The van der Waals surface area contributed by atoms with Crippen LogP contribution in [0.5, 0.6) is 0 Å². The Morgan fingerprint density at radius 3 is 1.95 bits per heavy atom. The highest BCUT2D eigenvalue weighted by molar-refractivity contribution is 6.21. The van der Waals surface area contributed by atoms with Crippen molar-refractivity contribution in [3.05, 3.63) is 122 Å². The molecule has 0 aliphatic heterocycles. The van der Waals surface area contributed by atoms with E-state index in [1.54, 1.807) is 0 Å². The molecule has 0 fully saturated rings. The Hall–Kier alpha value is -5.36. The molecule has 6 nitrogen and oxygen atoms in total. The first kappa shape index (κ1) is 20.8. The Balaban J connectivity index is 1.52. The standard InChI is InChI=1S/C32H20N6/c1-3-10-21(11-4-1)32-35-18-23(19-36-32)38-26-15-8-7-14-24(26)29-31(38)30-25(20-34-29)28-27(16-9-17-33-28)37(30)22-12-5-2-6-13-22/h1-20H. The second kappa shape index (κ2) is 8.08. The predicted molar refractivity (Wildman–Crippen MR) is 152 cm³/mol. The van der Waals surface area contributed by atoms with Crippen LogP contribution in [0.1, 0.15) is 0 Å². The van der Waals surface area contributed by atoms with E-state index in [4.69, 9.17) is 19.9 Å². The van der Waals surface area contributed by atoms with Gasteiger partial charge in [-0.3, -0.25) is 9.97 Å². The lowest BCUT2D eigenvalue weighted by atomic mass is 10.2. The zero-order valence-corrected chi connectivity index (χ0v) is 20.2. The molecule has 0 amide bonds. The van der Waals surface area contributed by atoms with E-state index in [-0.39, 0.29) is 0 Å². The maximum atomic E-state index is 4.99. The fraction of sp³-hybridized carbons (Fsp3) is 0. The average Bonchev–Trinajstić information content (AvgIpc) is 3.51. The normalized spacial score (nSPS) is 11.7. The molecule has 0 saturated heterocycles. The Kier molecular flexibility index (Phi) is 4.42. The van der Waals surface area contributed by atoms with Gasteiger partial charge in [-0.15, -0.1) is 0 Å². The van der Waals surface area contributed by atoms with E-state index >= 15 is 0 Å². The van der Waals surface area contributed by atoms with Gasteiger partial charge in [0.25, 0.3) is 0 Å². The maximum absolute atomic E-state index is 4.99. The number of nitrogens with zero attached hydrogens (tertiary/aromatic N) is 6. The van der Waals surface area contributed by atoms with Crippen LogP contribution in [-0.2, 0) is 0 Å². The van der Waals surface area contributed by atoms with Gasteiger partial charge in [0.1, 0.15) is 0 Å². The van der Waals surface area contributed by atoms with Gasteiger partial charge < -0.3 is 9.13 Å². The summed E-state index contributed by atoms with van der Waals surface area (Å²) >= 11 is 0. The molecule has 0 unspecified atom stereocenters. The van der Waals surface area contributed by atoms with E-state index in [0.717, 1.165) is 60.8 Å². The van der Waals surface area contributed by atoms with Crippen molar-refractivity contribution in [2.75, 3.05) is 0 Å². The summed E-state index contributed by atoms with van der Waals surface area (Å²) in [7, 11) is 0. The number of aromatic nitrogens is 6. The van der Waals surface area contributed by atoms with Crippen molar-refractivity contribution in [3.8, 4) is 22.8 Å². The number of fused-ring (bicyclic) bond motifs is 7. The van der Waals surface area contributed by atoms with E-state index in [2.05, 4.69) is 63.7 Å². The molecule has 5 heterocycles. The van der Waals surface area contributed by atoms with Crippen LogP contribution >= 0.6 is 0 Å². The SMILES string of the molecule is c1ccc(-c2ncc(-n3c4ccccc4c4ncc5c6ncccc6n(-c6ccccc6)c5c43)cn2)cc1. The van der Waals surface area contributed by atoms with E-state index in [1.165, 1.54) is 0 Å². The van der Waals surface area contributed by atoms with Gasteiger partial charge >= 0.3 is 0 Å². The van der Waals surface area contributed by atoms with E-state index in [9.17, 15) is 0 Å². The average molecular weight is 489 g/mol. The highest BCUT2D eigenvalue weighted by Gasteiger charge is 2.22. The van der Waals surface area contributed by atoms with Crippen molar-refractivity contribution in [1.29, 1.82) is 0 Å². The summed E-state index contributed by atoms with van der Waals surface area (Å²) in [5.74, 6) is 0.695. The smallest absolute Gasteiger partial charge is 0.159 e. The fourth-order valence-corrected chi connectivity index (χ4v) is 5.48. The molecule has 0 aliphatic rings. The molecule has 38 heavy (non-hydrogen) atoms. The molecular weight excluding hydrogens is 468 g/mol. The molecule has 8 rings (SSSR count). The van der Waals surface area contributed by atoms with Gasteiger partial charge in [-0.2, -0.15) is 0 Å². The minimum Gasteiger partial charge on any atom is -0.305 e. The Bertz CT molecular complexity index is 2110.